The molecular formula is C23H25ClN2O6. The van der Waals surface area contributed by atoms with Crippen molar-refractivity contribution in [2.45, 2.75) is 6.04 Å². The number of ether oxygens (including phenoxy) is 2. The van der Waals surface area contributed by atoms with Gasteiger partial charge in [0.1, 0.15) is 23.0 Å². The molecule has 1 amide bonds. The third-order valence-corrected chi connectivity index (χ3v) is 5.54. The van der Waals surface area contributed by atoms with Gasteiger partial charge in [0.25, 0.3) is 11.7 Å². The number of likely N-dealkylation sites (tertiary alicyclic amines) is 1. The summed E-state index contributed by atoms with van der Waals surface area (Å²) in [5.74, 6) is -1.53. The first-order chi connectivity index (χ1) is 15.2. The number of hydrogen-bond acceptors (Lipinski definition) is 7. The van der Waals surface area contributed by atoms with Crippen molar-refractivity contribution in [1.82, 2.24) is 9.80 Å². The number of Topliss-reactive ketones (excluding diaryl/α,β-unsaturated/α-hetero) is 1. The molecule has 0 radical (unpaired) electrons. The average molecular weight is 461 g/mol. The van der Waals surface area contributed by atoms with Crippen molar-refractivity contribution >= 4 is 29.1 Å². The number of nitrogens with zero attached hydrogens (tertiary/aromatic N) is 2. The number of likely N-dealkylation sites (N-methyl/N-ethyl adjacent to an activating group) is 1. The first kappa shape index (κ1) is 23.4. The van der Waals surface area contributed by atoms with Crippen LogP contribution in [0.3, 0.4) is 0 Å². The van der Waals surface area contributed by atoms with E-state index >= 15 is 0 Å². The Hall–Kier alpha value is -3.23. The van der Waals surface area contributed by atoms with E-state index in [0.29, 0.717) is 12.1 Å². The lowest BCUT2D eigenvalue weighted by molar-refractivity contribution is -0.140. The fourth-order valence-corrected chi connectivity index (χ4v) is 3.88. The first-order valence-electron chi connectivity index (χ1n) is 9.83. The minimum Gasteiger partial charge on any atom is -0.508 e. The van der Waals surface area contributed by atoms with E-state index in [1.165, 1.54) is 43.4 Å². The lowest BCUT2D eigenvalue weighted by Gasteiger charge is -2.26. The molecule has 1 fully saturated rings. The fourth-order valence-electron chi connectivity index (χ4n) is 3.65. The molecule has 2 aromatic rings. The molecule has 0 bridgehead atoms. The van der Waals surface area contributed by atoms with Crippen molar-refractivity contribution < 1.29 is 29.3 Å². The molecule has 8 nitrogen and oxygen atoms in total. The molecule has 2 aromatic carbocycles. The molecule has 32 heavy (non-hydrogen) atoms. The van der Waals surface area contributed by atoms with Gasteiger partial charge in [-0.2, -0.15) is 0 Å². The highest BCUT2D eigenvalue weighted by Gasteiger charge is 2.46. The number of carbonyl (C=O) groups is 2. The van der Waals surface area contributed by atoms with Gasteiger partial charge in [-0.15, -0.1) is 0 Å². The summed E-state index contributed by atoms with van der Waals surface area (Å²) < 4.78 is 10.6. The largest absolute Gasteiger partial charge is 0.508 e. The van der Waals surface area contributed by atoms with Crippen molar-refractivity contribution in [1.29, 1.82) is 0 Å². The quantitative estimate of drug-likeness (QED) is 0.372. The van der Waals surface area contributed by atoms with Gasteiger partial charge in [-0.25, -0.2) is 0 Å². The number of amides is 1. The van der Waals surface area contributed by atoms with Crippen LogP contribution in [-0.4, -0.2) is 73.1 Å². The topological polar surface area (TPSA) is 99.5 Å². The fraction of sp³-hybridized carbons (Fsp3) is 0.304. The summed E-state index contributed by atoms with van der Waals surface area (Å²) in [6, 6.07) is 8.27. The minimum absolute atomic E-state index is 0.0218. The number of hydrogen-bond donors (Lipinski definition) is 2. The summed E-state index contributed by atoms with van der Waals surface area (Å²) >= 11 is 6.17. The summed E-state index contributed by atoms with van der Waals surface area (Å²) in [7, 11) is 6.53. The molecule has 1 aliphatic rings. The zero-order chi connectivity index (χ0) is 23.6. The smallest absolute Gasteiger partial charge is 0.295 e. The second-order valence-corrected chi connectivity index (χ2v) is 7.98. The molecule has 1 saturated heterocycles. The molecule has 1 atom stereocenters. The maximum atomic E-state index is 13.1. The van der Waals surface area contributed by atoms with Crippen molar-refractivity contribution in [2.75, 3.05) is 41.4 Å². The van der Waals surface area contributed by atoms with Gasteiger partial charge in [0, 0.05) is 19.2 Å². The van der Waals surface area contributed by atoms with Crippen LogP contribution in [0.2, 0.25) is 5.02 Å². The van der Waals surface area contributed by atoms with E-state index in [-0.39, 0.29) is 40.0 Å². The Kier molecular flexibility index (Phi) is 6.96. The van der Waals surface area contributed by atoms with Crippen LogP contribution in [0.1, 0.15) is 17.2 Å². The highest BCUT2D eigenvalue weighted by atomic mass is 35.5. The molecule has 3 rings (SSSR count). The van der Waals surface area contributed by atoms with Crippen molar-refractivity contribution in [3.05, 3.63) is 58.1 Å². The first-order valence-corrected chi connectivity index (χ1v) is 10.2. The average Bonchev–Trinajstić information content (AvgIpc) is 3.01. The Balaban J connectivity index is 2.25. The summed E-state index contributed by atoms with van der Waals surface area (Å²) in [6.07, 6.45) is 0. The third kappa shape index (κ3) is 4.37. The normalized spacial score (nSPS) is 17.8. The van der Waals surface area contributed by atoms with Crippen LogP contribution >= 0.6 is 11.6 Å². The van der Waals surface area contributed by atoms with Crippen LogP contribution in [0.4, 0.5) is 0 Å². The van der Waals surface area contributed by atoms with Crippen molar-refractivity contribution in [3.8, 4) is 17.2 Å². The predicted molar refractivity (Wildman–Crippen MR) is 120 cm³/mol. The van der Waals surface area contributed by atoms with E-state index in [1.807, 2.05) is 19.0 Å². The van der Waals surface area contributed by atoms with Gasteiger partial charge in [-0.1, -0.05) is 23.7 Å². The molecule has 2 N–H and O–H groups in total. The highest BCUT2D eigenvalue weighted by Crippen LogP contribution is 2.43. The van der Waals surface area contributed by atoms with Crippen LogP contribution in [0, 0.1) is 0 Å². The number of aromatic hydroxyl groups is 1. The number of aliphatic hydroxyl groups excluding tert-OH is 1. The van der Waals surface area contributed by atoms with E-state index < -0.39 is 23.5 Å². The Bertz CT molecular complexity index is 1080. The van der Waals surface area contributed by atoms with Gasteiger partial charge in [-0.05, 0) is 37.9 Å². The molecule has 0 aliphatic carbocycles. The Morgan fingerprint density at radius 3 is 2.41 bits per heavy atom. The summed E-state index contributed by atoms with van der Waals surface area (Å²) in [6.45, 7) is 0.746. The van der Waals surface area contributed by atoms with Crippen molar-refractivity contribution in [2.24, 2.45) is 0 Å². The van der Waals surface area contributed by atoms with Gasteiger partial charge in [-0.3, -0.25) is 9.59 Å². The molecule has 0 aromatic heterocycles. The van der Waals surface area contributed by atoms with E-state index in [2.05, 4.69) is 0 Å². The molecule has 1 heterocycles. The zero-order valence-corrected chi connectivity index (χ0v) is 19.0. The van der Waals surface area contributed by atoms with Crippen LogP contribution < -0.4 is 9.47 Å². The molecule has 0 saturated carbocycles. The number of methoxy groups -OCH3 is 2. The molecule has 1 aliphatic heterocycles. The van der Waals surface area contributed by atoms with Crippen molar-refractivity contribution in [3.63, 3.8) is 0 Å². The summed E-state index contributed by atoms with van der Waals surface area (Å²) in [4.78, 5) is 29.3. The maximum absolute atomic E-state index is 13.1. The van der Waals surface area contributed by atoms with Crippen LogP contribution in [0.5, 0.6) is 17.2 Å². The molecular weight excluding hydrogens is 436 g/mol. The number of benzene rings is 2. The number of carbonyl (C=O) groups excluding carboxylic acids is 2. The molecule has 170 valence electrons. The maximum Gasteiger partial charge on any atom is 0.295 e. The number of phenolic OH excluding ortho intramolecular Hbond substituents is 1. The van der Waals surface area contributed by atoms with Gasteiger partial charge in [0.2, 0.25) is 0 Å². The lowest BCUT2D eigenvalue weighted by atomic mass is 9.94. The monoisotopic (exact) mass is 460 g/mol. The summed E-state index contributed by atoms with van der Waals surface area (Å²) in [5, 5.41) is 21.5. The van der Waals surface area contributed by atoms with Crippen LogP contribution in [-0.2, 0) is 9.59 Å². The van der Waals surface area contributed by atoms with E-state index in [9.17, 15) is 19.8 Å². The standard InChI is InChI=1S/C23H25ClN2O6/c1-25(2)8-9-26-20(13-6-5-7-14(27)10-13)19(22(29)23(26)30)21(28)15-11-18(32-4)16(24)12-17(15)31-3/h5-7,10-12,20,27-28H,8-9H2,1-4H3/b21-19+. The Labute approximate surface area is 191 Å². The molecule has 0 spiro atoms. The van der Waals surface area contributed by atoms with Gasteiger partial charge in [0.15, 0.2) is 0 Å². The third-order valence-electron chi connectivity index (χ3n) is 5.24. The SMILES string of the molecule is COc1cc(/C(O)=C2\C(=O)C(=O)N(CCN(C)C)C2c2cccc(O)c2)c(OC)cc1Cl. The van der Waals surface area contributed by atoms with Crippen LogP contribution in [0.15, 0.2) is 42.0 Å². The van der Waals surface area contributed by atoms with E-state index in [0.717, 1.165) is 0 Å². The number of rotatable bonds is 7. The Morgan fingerprint density at radius 1 is 1.12 bits per heavy atom. The number of aliphatic hydroxyl groups is 1. The highest BCUT2D eigenvalue weighted by molar-refractivity contribution is 6.46. The Morgan fingerprint density at radius 2 is 1.81 bits per heavy atom. The second kappa shape index (κ2) is 9.50. The van der Waals surface area contributed by atoms with Crippen LogP contribution in [0.25, 0.3) is 5.76 Å². The van der Waals surface area contributed by atoms with Gasteiger partial charge >= 0.3 is 0 Å². The molecule has 1 unspecified atom stereocenters. The number of ketones is 1. The number of phenols is 1. The van der Waals surface area contributed by atoms with Gasteiger partial charge in [0.05, 0.1) is 36.4 Å². The minimum atomic E-state index is -0.895. The number of halogens is 1. The van der Waals surface area contributed by atoms with Gasteiger partial charge < -0.3 is 29.5 Å². The summed E-state index contributed by atoms with van der Waals surface area (Å²) in [5.41, 5.74) is 0.538. The zero-order valence-electron chi connectivity index (χ0n) is 18.3. The predicted octanol–water partition coefficient (Wildman–Crippen LogP) is 3.05. The van der Waals surface area contributed by atoms with E-state index in [1.54, 1.807) is 12.1 Å². The molecule has 9 heteroatoms. The van der Waals surface area contributed by atoms with E-state index in [4.69, 9.17) is 21.1 Å². The second-order valence-electron chi connectivity index (χ2n) is 7.58. The lowest BCUT2D eigenvalue weighted by Crippen LogP contribution is -2.35.